The van der Waals surface area contributed by atoms with Crippen molar-refractivity contribution in [3.63, 3.8) is 0 Å². The zero-order chi connectivity index (χ0) is 30.5. The van der Waals surface area contributed by atoms with Gasteiger partial charge in [0.2, 0.25) is 0 Å². The highest BCUT2D eigenvalue weighted by Crippen LogP contribution is 2.13. The van der Waals surface area contributed by atoms with Crippen LogP contribution in [-0.2, 0) is 20.8 Å². The molecule has 0 radical (unpaired) electrons. The lowest BCUT2D eigenvalue weighted by molar-refractivity contribution is -0.139. The third kappa shape index (κ3) is 17.8. The van der Waals surface area contributed by atoms with Crippen LogP contribution in [0.1, 0.15) is 41.6 Å². The van der Waals surface area contributed by atoms with E-state index in [1.807, 2.05) is 18.2 Å². The molecule has 0 aliphatic heterocycles. The summed E-state index contributed by atoms with van der Waals surface area (Å²) >= 11 is 0. The molecule has 0 saturated heterocycles. The maximum Gasteiger partial charge on any atom is 0.335 e. The lowest BCUT2D eigenvalue weighted by atomic mass is 10.2. The van der Waals surface area contributed by atoms with Crippen molar-refractivity contribution in [2.45, 2.75) is 44.2 Å². The number of rotatable bonds is 13. The predicted octanol–water partition coefficient (Wildman–Crippen LogP) is 0.332. The number of nitrogens with one attached hydrogen (secondary N) is 2. The molecule has 0 aliphatic carbocycles. The summed E-state index contributed by atoms with van der Waals surface area (Å²) in [7, 11) is 0. The van der Waals surface area contributed by atoms with Gasteiger partial charge >= 0.3 is 23.9 Å². The molecule has 0 spiro atoms. The molecular weight excluding hydrogens is 524 g/mol. The summed E-state index contributed by atoms with van der Waals surface area (Å²) in [5.41, 5.74) is 22.4. The van der Waals surface area contributed by atoms with Gasteiger partial charge in [0.1, 0.15) is 17.8 Å². The van der Waals surface area contributed by atoms with Crippen molar-refractivity contribution in [3.8, 4) is 5.75 Å². The summed E-state index contributed by atoms with van der Waals surface area (Å²) in [6, 6.07) is 13.6. The van der Waals surface area contributed by atoms with Crippen molar-refractivity contribution in [3.05, 3.63) is 65.7 Å². The van der Waals surface area contributed by atoms with Crippen LogP contribution in [0.25, 0.3) is 0 Å². The molecule has 0 saturated carbocycles. The third-order valence-electron chi connectivity index (χ3n) is 4.89. The summed E-state index contributed by atoms with van der Waals surface area (Å²) < 4.78 is 4.89. The highest BCUT2D eigenvalue weighted by Gasteiger charge is 2.17. The van der Waals surface area contributed by atoms with Crippen LogP contribution in [0.2, 0.25) is 0 Å². The Morgan fingerprint density at radius 2 is 1.50 bits per heavy atom. The van der Waals surface area contributed by atoms with Crippen molar-refractivity contribution in [2.75, 3.05) is 13.1 Å². The summed E-state index contributed by atoms with van der Waals surface area (Å²) in [6.07, 6.45) is 1.71. The Morgan fingerprint density at radius 1 is 0.900 bits per heavy atom. The number of aliphatic carboxylic acids is 2. The first-order chi connectivity index (χ1) is 18.9. The molecule has 0 heterocycles. The van der Waals surface area contributed by atoms with Crippen molar-refractivity contribution < 1.29 is 39.2 Å². The average Bonchev–Trinajstić information content (AvgIpc) is 2.91. The van der Waals surface area contributed by atoms with Crippen LogP contribution in [0.3, 0.4) is 0 Å². The fourth-order valence-electron chi connectivity index (χ4n) is 2.73. The number of carboxylic acids is 3. The predicted molar refractivity (Wildman–Crippen MR) is 148 cm³/mol. The quantitative estimate of drug-likeness (QED) is 0.0524. The summed E-state index contributed by atoms with van der Waals surface area (Å²) in [5.74, 6) is -3.85. The monoisotopic (exact) mass is 562 g/mol. The van der Waals surface area contributed by atoms with Crippen LogP contribution in [0.15, 0.2) is 54.6 Å². The number of hydrogen-bond donors (Lipinski definition) is 9. The molecule has 2 aromatic rings. The molecule has 0 aromatic heterocycles. The van der Waals surface area contributed by atoms with Gasteiger partial charge in [0.05, 0.1) is 5.56 Å². The summed E-state index contributed by atoms with van der Waals surface area (Å²) in [5, 5.41) is 34.9. The number of nitrogens with two attached hydrogens (primary N) is 4. The van der Waals surface area contributed by atoms with E-state index < -0.39 is 36.0 Å². The minimum absolute atomic E-state index is 0.0264. The number of benzene rings is 2. The molecule has 2 rings (SSSR count). The number of carboxylic acid groups (broad SMARTS) is 3. The molecule has 2 atom stereocenters. The first-order valence-corrected chi connectivity index (χ1v) is 12.2. The first-order valence-electron chi connectivity index (χ1n) is 12.2. The van der Waals surface area contributed by atoms with Gasteiger partial charge in [-0.1, -0.05) is 30.3 Å². The van der Waals surface area contributed by atoms with Crippen molar-refractivity contribution >= 4 is 29.8 Å². The number of esters is 1. The zero-order valence-corrected chi connectivity index (χ0v) is 22.0. The standard InChI is InChI=1S/C12H13NO6.C8H11N.C6H14N4O2/c13-9(5-6-10(14)15)12(18)19-8-3-1-7(2-4-8)11(16)17;9-7-6-8-4-2-1-3-5-8;7-4(5(11)12)2-1-3-10-6(8)9/h1-4,9H,5-6,13H2,(H,14,15)(H,16,17);1-5H,6-7,9H2;4H,1-3,7H2,(H,11,12)(H4,8,9,10)/t9-;;4-/m0.0/s1. The van der Waals surface area contributed by atoms with E-state index >= 15 is 0 Å². The zero-order valence-electron chi connectivity index (χ0n) is 22.0. The molecule has 0 unspecified atom stereocenters. The van der Waals surface area contributed by atoms with Crippen LogP contribution >= 0.6 is 0 Å². The van der Waals surface area contributed by atoms with E-state index in [1.54, 1.807) is 0 Å². The largest absolute Gasteiger partial charge is 0.481 e. The fourth-order valence-corrected chi connectivity index (χ4v) is 2.73. The van der Waals surface area contributed by atoms with Gasteiger partial charge < -0.3 is 48.3 Å². The van der Waals surface area contributed by atoms with Gasteiger partial charge in [0, 0.05) is 13.0 Å². The number of carbonyl (C=O) groups excluding carboxylic acids is 1. The molecule has 0 amide bonds. The Labute approximate surface area is 231 Å². The van der Waals surface area contributed by atoms with Crippen LogP contribution in [0.4, 0.5) is 0 Å². The lowest BCUT2D eigenvalue weighted by Crippen LogP contribution is -2.34. The first kappa shape index (κ1) is 35.5. The Hall–Kier alpha value is -4.53. The second kappa shape index (κ2) is 20.4. The topological polar surface area (TPSA) is 278 Å². The lowest BCUT2D eigenvalue weighted by Gasteiger charge is -2.10. The Morgan fingerprint density at radius 3 is 1.98 bits per heavy atom. The maximum absolute atomic E-state index is 11.5. The molecule has 40 heavy (non-hydrogen) atoms. The van der Waals surface area contributed by atoms with Crippen LogP contribution in [-0.4, -0.2) is 70.3 Å². The van der Waals surface area contributed by atoms with Gasteiger partial charge in [-0.15, -0.1) is 0 Å². The van der Waals surface area contributed by atoms with Crippen LogP contribution in [0.5, 0.6) is 5.75 Å². The second-order valence-corrected chi connectivity index (χ2v) is 8.24. The van der Waals surface area contributed by atoms with E-state index in [9.17, 15) is 19.2 Å². The number of guanidine groups is 1. The number of ether oxygens (including phenoxy) is 1. The number of hydrogen-bond acceptors (Lipinski definition) is 9. The maximum atomic E-state index is 11.5. The van der Waals surface area contributed by atoms with Gasteiger partial charge in [-0.25, -0.2) is 9.59 Å². The normalized spacial score (nSPS) is 11.3. The van der Waals surface area contributed by atoms with Crippen LogP contribution < -0.4 is 33.0 Å². The molecule has 0 fully saturated rings. The van der Waals surface area contributed by atoms with E-state index in [1.165, 1.54) is 29.8 Å². The van der Waals surface area contributed by atoms with Crippen molar-refractivity contribution in [1.82, 2.24) is 5.32 Å². The van der Waals surface area contributed by atoms with E-state index in [-0.39, 0.29) is 30.1 Å². The van der Waals surface area contributed by atoms with Crippen LogP contribution in [0, 0.1) is 5.41 Å². The Kier molecular flexibility index (Phi) is 18.1. The molecule has 14 nitrogen and oxygen atoms in total. The van der Waals surface area contributed by atoms with Gasteiger partial charge in [0.25, 0.3) is 0 Å². The number of carbonyl (C=O) groups is 4. The summed E-state index contributed by atoms with van der Waals surface area (Å²) in [6.45, 7) is 1.22. The highest BCUT2D eigenvalue weighted by atomic mass is 16.5. The molecule has 2 aromatic carbocycles. The van der Waals surface area contributed by atoms with E-state index in [4.69, 9.17) is 48.4 Å². The SMILES string of the molecule is N=C(N)NCCC[C@H](N)C(=O)O.NCCc1ccccc1.N[C@@H](CCC(=O)O)C(=O)Oc1ccc(C(=O)O)cc1. The number of aromatic carboxylic acids is 1. The fraction of sp³-hybridized carbons (Fsp3) is 0.346. The minimum atomic E-state index is -1.09. The third-order valence-corrected chi connectivity index (χ3v) is 4.89. The van der Waals surface area contributed by atoms with Gasteiger partial charge in [-0.2, -0.15) is 0 Å². The molecule has 0 bridgehead atoms. The molecular formula is C26H38N6O8. The van der Waals surface area contributed by atoms with Gasteiger partial charge in [-0.3, -0.25) is 15.0 Å². The highest BCUT2D eigenvalue weighted by molar-refractivity contribution is 5.88. The minimum Gasteiger partial charge on any atom is -0.481 e. The molecule has 220 valence electrons. The molecule has 0 aliphatic rings. The molecule has 14 heteroatoms. The van der Waals surface area contributed by atoms with Gasteiger partial charge in [0.15, 0.2) is 5.96 Å². The van der Waals surface area contributed by atoms with E-state index in [2.05, 4.69) is 17.4 Å². The Bertz CT molecular complexity index is 1070. The van der Waals surface area contributed by atoms with Crippen molar-refractivity contribution in [1.29, 1.82) is 5.41 Å². The summed E-state index contributed by atoms with van der Waals surface area (Å²) in [4.78, 5) is 42.6. The van der Waals surface area contributed by atoms with E-state index in [0.29, 0.717) is 19.4 Å². The second-order valence-electron chi connectivity index (χ2n) is 8.24. The average molecular weight is 563 g/mol. The van der Waals surface area contributed by atoms with Crippen molar-refractivity contribution in [2.24, 2.45) is 22.9 Å². The van der Waals surface area contributed by atoms with E-state index in [0.717, 1.165) is 13.0 Å². The Balaban J connectivity index is 0.000000619. The molecule has 13 N–H and O–H groups in total. The van der Waals surface area contributed by atoms with Gasteiger partial charge in [-0.05, 0) is 62.1 Å². The smallest absolute Gasteiger partial charge is 0.335 e.